The van der Waals surface area contributed by atoms with E-state index < -0.39 is 30.6 Å². The average molecular weight is 554 g/mol. The van der Waals surface area contributed by atoms with Crippen LogP contribution in [0, 0.1) is 0 Å². The van der Waals surface area contributed by atoms with Crippen molar-refractivity contribution in [3.63, 3.8) is 0 Å². The number of carbonyl (C=O) groups excluding carboxylic acids is 1. The second-order valence-corrected chi connectivity index (χ2v) is 9.82. The molecule has 1 N–H and O–H groups in total. The van der Waals surface area contributed by atoms with Crippen molar-refractivity contribution in [2.45, 2.75) is 51.0 Å². The van der Waals surface area contributed by atoms with Gasteiger partial charge in [0.1, 0.15) is 24.9 Å². The van der Waals surface area contributed by atoms with Crippen molar-refractivity contribution >= 4 is 6.09 Å². The minimum atomic E-state index is -0.798. The molecular weight excluding hydrogens is 518 g/mol. The molecule has 0 saturated carbocycles. The van der Waals surface area contributed by atoms with Gasteiger partial charge in [-0.1, -0.05) is 121 Å². The van der Waals surface area contributed by atoms with Crippen LogP contribution in [0.15, 0.2) is 121 Å². The molecule has 1 aliphatic rings. The van der Waals surface area contributed by atoms with Gasteiger partial charge in [-0.3, -0.25) is 5.32 Å². The number of nitrogens with one attached hydrogen (secondary N) is 1. The summed E-state index contributed by atoms with van der Waals surface area (Å²) in [7, 11) is 0. The second kappa shape index (κ2) is 15.1. The molecule has 212 valence electrons. The Balaban J connectivity index is 1.29. The van der Waals surface area contributed by atoms with E-state index in [1.165, 1.54) is 0 Å². The Morgan fingerprint density at radius 1 is 0.585 bits per heavy atom. The molecule has 4 aromatic rings. The third-order valence-electron chi connectivity index (χ3n) is 6.75. The first-order chi connectivity index (χ1) is 20.2. The Bertz CT molecular complexity index is 1310. The normalized spacial score (nSPS) is 20.0. The molecule has 1 heterocycles. The number of ether oxygens (including phenoxy) is 5. The highest BCUT2D eigenvalue weighted by Crippen LogP contribution is 2.28. The highest BCUT2D eigenvalue weighted by Gasteiger charge is 2.47. The van der Waals surface area contributed by atoms with E-state index in [1.54, 1.807) is 0 Å². The molecule has 0 spiro atoms. The summed E-state index contributed by atoms with van der Waals surface area (Å²) in [6, 6.07) is 39.3. The van der Waals surface area contributed by atoms with E-state index in [0.717, 1.165) is 22.3 Å². The molecule has 1 fully saturated rings. The van der Waals surface area contributed by atoms with Crippen LogP contribution in [0.1, 0.15) is 22.3 Å². The van der Waals surface area contributed by atoms with Crippen LogP contribution in [0.4, 0.5) is 4.79 Å². The summed E-state index contributed by atoms with van der Waals surface area (Å²) < 4.78 is 30.7. The minimum absolute atomic E-state index is 0.145. The quantitative estimate of drug-likeness (QED) is 0.218. The number of alkyl carbamates (subject to hydrolysis) is 1. The standard InChI is InChI=1S/C34H35NO6/c36-34(40-24-29-19-11-4-12-20-29)35-33-32(39-23-28-17-9-3-10-18-28)31(38-22-27-15-7-2-8-16-27)30(41-33)25-37-21-26-13-5-1-6-14-26/h1-20,30-33H,21-25H2,(H,35,36)/t30-,31-,32-,33?/m1/s1. The van der Waals surface area contributed by atoms with E-state index in [0.29, 0.717) is 19.8 Å². The Hall–Kier alpha value is -4.01. The molecule has 1 unspecified atom stereocenters. The summed E-state index contributed by atoms with van der Waals surface area (Å²) in [5, 5.41) is 2.86. The Morgan fingerprint density at radius 2 is 1.02 bits per heavy atom. The van der Waals surface area contributed by atoms with E-state index in [4.69, 9.17) is 23.7 Å². The van der Waals surface area contributed by atoms with Crippen molar-refractivity contribution in [2.75, 3.05) is 6.61 Å². The van der Waals surface area contributed by atoms with Crippen molar-refractivity contribution in [1.82, 2.24) is 5.32 Å². The maximum absolute atomic E-state index is 12.8. The van der Waals surface area contributed by atoms with Crippen molar-refractivity contribution in [3.05, 3.63) is 144 Å². The van der Waals surface area contributed by atoms with E-state index in [2.05, 4.69) is 5.32 Å². The number of hydrogen-bond donors (Lipinski definition) is 1. The Kier molecular flexibility index (Phi) is 10.5. The smallest absolute Gasteiger partial charge is 0.409 e. The van der Waals surface area contributed by atoms with Crippen molar-refractivity contribution in [2.24, 2.45) is 0 Å². The number of hydrogen-bond acceptors (Lipinski definition) is 6. The molecule has 41 heavy (non-hydrogen) atoms. The summed E-state index contributed by atoms with van der Waals surface area (Å²) in [4.78, 5) is 12.8. The first-order valence-corrected chi connectivity index (χ1v) is 13.8. The maximum atomic E-state index is 12.8. The van der Waals surface area contributed by atoms with Gasteiger partial charge in [0.15, 0.2) is 6.23 Å². The Labute approximate surface area is 241 Å². The number of benzene rings is 4. The lowest BCUT2D eigenvalue weighted by atomic mass is 10.1. The summed E-state index contributed by atoms with van der Waals surface area (Å²) >= 11 is 0. The van der Waals surface area contributed by atoms with E-state index in [1.807, 2.05) is 121 Å². The maximum Gasteiger partial charge on any atom is 0.409 e. The van der Waals surface area contributed by atoms with Gasteiger partial charge in [-0.05, 0) is 22.3 Å². The zero-order chi connectivity index (χ0) is 28.1. The zero-order valence-corrected chi connectivity index (χ0v) is 22.8. The van der Waals surface area contributed by atoms with Crippen LogP contribution in [0.25, 0.3) is 0 Å². The van der Waals surface area contributed by atoms with E-state index in [9.17, 15) is 4.79 Å². The van der Waals surface area contributed by atoms with Crippen LogP contribution in [0.2, 0.25) is 0 Å². The molecule has 7 heteroatoms. The molecule has 4 aromatic carbocycles. The molecular formula is C34H35NO6. The van der Waals surface area contributed by atoms with Crippen LogP contribution in [0.5, 0.6) is 0 Å². The number of carbonyl (C=O) groups is 1. The molecule has 0 aliphatic carbocycles. The molecule has 0 aromatic heterocycles. The van der Waals surface area contributed by atoms with Gasteiger partial charge in [0.2, 0.25) is 0 Å². The second-order valence-electron chi connectivity index (χ2n) is 9.82. The topological polar surface area (TPSA) is 75.3 Å². The largest absolute Gasteiger partial charge is 0.445 e. The molecule has 1 amide bonds. The lowest BCUT2D eigenvalue weighted by molar-refractivity contribution is -0.0900. The third-order valence-corrected chi connectivity index (χ3v) is 6.75. The van der Waals surface area contributed by atoms with Crippen LogP contribution in [-0.2, 0) is 50.1 Å². The van der Waals surface area contributed by atoms with Crippen LogP contribution < -0.4 is 5.32 Å². The fourth-order valence-corrected chi connectivity index (χ4v) is 4.64. The van der Waals surface area contributed by atoms with Gasteiger partial charge in [0.25, 0.3) is 0 Å². The molecule has 5 rings (SSSR count). The van der Waals surface area contributed by atoms with E-state index in [-0.39, 0.29) is 13.2 Å². The van der Waals surface area contributed by atoms with Gasteiger partial charge in [0.05, 0.1) is 26.4 Å². The van der Waals surface area contributed by atoms with Crippen LogP contribution in [-0.4, -0.2) is 37.2 Å². The average Bonchev–Trinajstić information content (AvgIpc) is 3.35. The summed E-state index contributed by atoms with van der Waals surface area (Å²) in [6.07, 6.45) is -2.99. The summed E-state index contributed by atoms with van der Waals surface area (Å²) in [5.41, 5.74) is 3.98. The SMILES string of the molecule is O=C(NC1O[C@H](COCc2ccccc2)[C@@H](OCc2ccccc2)[C@H]1OCc1ccccc1)OCc1ccccc1. The number of rotatable bonds is 13. The molecule has 1 aliphatic heterocycles. The molecule has 7 nitrogen and oxygen atoms in total. The molecule has 1 saturated heterocycles. The van der Waals surface area contributed by atoms with Gasteiger partial charge >= 0.3 is 6.09 Å². The van der Waals surface area contributed by atoms with Gasteiger partial charge in [-0.15, -0.1) is 0 Å². The lowest BCUT2D eigenvalue weighted by Crippen LogP contribution is -2.46. The summed E-state index contributed by atoms with van der Waals surface area (Å²) in [5.74, 6) is 0. The Morgan fingerprint density at radius 3 is 1.54 bits per heavy atom. The monoisotopic (exact) mass is 553 g/mol. The lowest BCUT2D eigenvalue weighted by Gasteiger charge is -2.25. The minimum Gasteiger partial charge on any atom is -0.445 e. The third kappa shape index (κ3) is 8.74. The van der Waals surface area contributed by atoms with Gasteiger partial charge < -0.3 is 23.7 Å². The van der Waals surface area contributed by atoms with Crippen molar-refractivity contribution in [1.29, 1.82) is 0 Å². The first-order valence-electron chi connectivity index (χ1n) is 13.8. The first kappa shape index (κ1) is 28.5. The number of amides is 1. The predicted molar refractivity (Wildman–Crippen MR) is 155 cm³/mol. The predicted octanol–water partition coefficient (Wildman–Crippen LogP) is 6.03. The van der Waals surface area contributed by atoms with Crippen molar-refractivity contribution < 1.29 is 28.5 Å². The van der Waals surface area contributed by atoms with Gasteiger partial charge in [-0.25, -0.2) is 4.79 Å². The zero-order valence-electron chi connectivity index (χ0n) is 22.8. The molecule has 4 atom stereocenters. The molecule has 0 radical (unpaired) electrons. The van der Waals surface area contributed by atoms with Gasteiger partial charge in [0, 0.05) is 0 Å². The summed E-state index contributed by atoms with van der Waals surface area (Å²) in [6.45, 7) is 1.53. The molecule has 0 bridgehead atoms. The van der Waals surface area contributed by atoms with Gasteiger partial charge in [-0.2, -0.15) is 0 Å². The van der Waals surface area contributed by atoms with E-state index >= 15 is 0 Å². The van der Waals surface area contributed by atoms with Crippen LogP contribution >= 0.6 is 0 Å². The fraction of sp³-hybridized carbons (Fsp3) is 0.265. The fourth-order valence-electron chi connectivity index (χ4n) is 4.64. The van der Waals surface area contributed by atoms with Crippen LogP contribution in [0.3, 0.4) is 0 Å². The highest BCUT2D eigenvalue weighted by molar-refractivity contribution is 5.67. The highest BCUT2D eigenvalue weighted by atomic mass is 16.6. The van der Waals surface area contributed by atoms with Crippen molar-refractivity contribution in [3.8, 4) is 0 Å².